The van der Waals surface area contributed by atoms with Gasteiger partial charge in [0, 0.05) is 6.54 Å². The fraction of sp³-hybridized carbons (Fsp3) is 0.211. The molecule has 3 rings (SSSR count). The summed E-state index contributed by atoms with van der Waals surface area (Å²) in [5, 5.41) is 11.2. The van der Waals surface area contributed by atoms with E-state index in [1.54, 1.807) is 6.07 Å². The molecular weight excluding hydrogens is 333 g/mol. The molecule has 0 unspecified atom stereocenters. The van der Waals surface area contributed by atoms with Crippen LogP contribution in [0.5, 0.6) is 0 Å². The van der Waals surface area contributed by atoms with Crippen LogP contribution in [0.2, 0.25) is 0 Å². The first-order valence-electron chi connectivity index (χ1n) is 8.22. The molecule has 0 aliphatic carbocycles. The van der Waals surface area contributed by atoms with Crippen LogP contribution in [0, 0.1) is 5.82 Å². The number of rotatable bonds is 6. The van der Waals surface area contributed by atoms with Gasteiger partial charge in [-0.2, -0.15) is 9.90 Å². The minimum Gasteiger partial charge on any atom is -0.349 e. The van der Waals surface area contributed by atoms with Gasteiger partial charge in [0.15, 0.2) is 5.69 Å². The van der Waals surface area contributed by atoms with Crippen molar-refractivity contribution in [3.05, 3.63) is 77.9 Å². The zero-order valence-electron chi connectivity index (χ0n) is 14.6. The Morgan fingerprint density at radius 2 is 1.96 bits per heavy atom. The Hall–Kier alpha value is -3.06. The summed E-state index contributed by atoms with van der Waals surface area (Å²) in [5.74, 6) is -0.623. The highest BCUT2D eigenvalue weighted by Crippen LogP contribution is 2.18. The quantitative estimate of drug-likeness (QED) is 0.739. The standard InChI is InChI=1S/C19H20FN5O/c1-24(2)18(14-7-6-8-15(20)11-14)13-21-19(26)17-12-22-25(23-17)16-9-4-3-5-10-16/h3-12,18H,13H2,1-2H3,(H,21,26)/t18-/m0/s1. The number of carbonyl (C=O) groups excluding carboxylic acids is 1. The Kier molecular flexibility index (Phi) is 5.38. The fourth-order valence-corrected chi connectivity index (χ4v) is 2.65. The van der Waals surface area contributed by atoms with Crippen LogP contribution in [0.15, 0.2) is 60.8 Å². The number of likely N-dealkylation sites (N-methyl/N-ethyl adjacent to an activating group) is 1. The molecular formula is C19H20FN5O. The van der Waals surface area contributed by atoms with Gasteiger partial charge in [-0.1, -0.05) is 30.3 Å². The molecule has 0 aliphatic rings. The molecule has 1 N–H and O–H groups in total. The number of hydrogen-bond acceptors (Lipinski definition) is 4. The normalized spacial score (nSPS) is 12.2. The van der Waals surface area contributed by atoms with Crippen molar-refractivity contribution in [1.82, 2.24) is 25.2 Å². The van der Waals surface area contributed by atoms with Crippen molar-refractivity contribution in [3.63, 3.8) is 0 Å². The number of carbonyl (C=O) groups is 1. The largest absolute Gasteiger partial charge is 0.349 e. The van der Waals surface area contributed by atoms with E-state index < -0.39 is 0 Å². The average Bonchev–Trinajstić information content (AvgIpc) is 3.12. The van der Waals surface area contributed by atoms with Crippen molar-refractivity contribution in [1.29, 1.82) is 0 Å². The topological polar surface area (TPSA) is 63.1 Å². The third kappa shape index (κ3) is 4.12. The SMILES string of the molecule is CN(C)[C@@H](CNC(=O)c1cnn(-c2ccccc2)n1)c1cccc(F)c1. The highest BCUT2D eigenvalue weighted by atomic mass is 19.1. The maximum absolute atomic E-state index is 13.5. The number of hydrogen-bond donors (Lipinski definition) is 1. The lowest BCUT2D eigenvalue weighted by Gasteiger charge is -2.25. The summed E-state index contributed by atoms with van der Waals surface area (Å²) in [6.45, 7) is 0.327. The molecule has 0 bridgehead atoms. The Morgan fingerprint density at radius 1 is 1.19 bits per heavy atom. The highest BCUT2D eigenvalue weighted by molar-refractivity contribution is 5.91. The third-order valence-corrected chi connectivity index (χ3v) is 4.02. The average molecular weight is 353 g/mol. The maximum Gasteiger partial charge on any atom is 0.273 e. The zero-order valence-corrected chi connectivity index (χ0v) is 14.6. The van der Waals surface area contributed by atoms with Crippen LogP contribution in [0.3, 0.4) is 0 Å². The molecule has 0 saturated heterocycles. The van der Waals surface area contributed by atoms with E-state index in [1.807, 2.05) is 55.4 Å². The van der Waals surface area contributed by atoms with Gasteiger partial charge in [0.25, 0.3) is 5.91 Å². The Morgan fingerprint density at radius 3 is 2.65 bits per heavy atom. The molecule has 1 heterocycles. The number of nitrogens with one attached hydrogen (secondary N) is 1. The summed E-state index contributed by atoms with van der Waals surface area (Å²) in [5.41, 5.74) is 1.80. The van der Waals surface area contributed by atoms with E-state index in [0.717, 1.165) is 11.3 Å². The molecule has 1 atom stereocenters. The fourth-order valence-electron chi connectivity index (χ4n) is 2.65. The van der Waals surface area contributed by atoms with Crippen LogP contribution in [-0.2, 0) is 0 Å². The van der Waals surface area contributed by atoms with Crippen LogP contribution >= 0.6 is 0 Å². The number of amides is 1. The van der Waals surface area contributed by atoms with Gasteiger partial charge in [-0.25, -0.2) is 4.39 Å². The van der Waals surface area contributed by atoms with Crippen molar-refractivity contribution in [2.24, 2.45) is 0 Å². The van der Waals surface area contributed by atoms with Gasteiger partial charge in [0.05, 0.1) is 17.9 Å². The van der Waals surface area contributed by atoms with Gasteiger partial charge >= 0.3 is 0 Å². The molecule has 26 heavy (non-hydrogen) atoms. The highest BCUT2D eigenvalue weighted by Gasteiger charge is 2.18. The van der Waals surface area contributed by atoms with Gasteiger partial charge in [-0.05, 0) is 43.9 Å². The summed E-state index contributed by atoms with van der Waals surface area (Å²) < 4.78 is 13.5. The van der Waals surface area contributed by atoms with E-state index >= 15 is 0 Å². The number of aromatic nitrogens is 3. The van der Waals surface area contributed by atoms with Crippen LogP contribution in [0.25, 0.3) is 5.69 Å². The Bertz CT molecular complexity index is 878. The Labute approximate surface area is 151 Å². The first-order valence-corrected chi connectivity index (χ1v) is 8.22. The number of benzene rings is 2. The van der Waals surface area contributed by atoms with Gasteiger partial charge in [0.1, 0.15) is 5.82 Å². The van der Waals surface area contributed by atoms with Crippen molar-refractivity contribution in [2.75, 3.05) is 20.6 Å². The van der Waals surface area contributed by atoms with Crippen molar-refractivity contribution in [2.45, 2.75) is 6.04 Å². The lowest BCUT2D eigenvalue weighted by molar-refractivity contribution is 0.0936. The zero-order chi connectivity index (χ0) is 18.5. The van der Waals surface area contributed by atoms with Crippen molar-refractivity contribution in [3.8, 4) is 5.69 Å². The maximum atomic E-state index is 13.5. The summed E-state index contributed by atoms with van der Waals surface area (Å²) >= 11 is 0. The minimum atomic E-state index is -0.324. The second-order valence-electron chi connectivity index (χ2n) is 6.10. The molecule has 3 aromatic rings. The van der Waals surface area contributed by atoms with E-state index in [-0.39, 0.29) is 23.5 Å². The molecule has 6 nitrogen and oxygen atoms in total. The van der Waals surface area contributed by atoms with E-state index in [9.17, 15) is 9.18 Å². The molecule has 0 aliphatic heterocycles. The van der Waals surface area contributed by atoms with Crippen LogP contribution in [0.4, 0.5) is 4.39 Å². The molecule has 1 aromatic heterocycles. The predicted molar refractivity (Wildman–Crippen MR) is 96.5 cm³/mol. The first-order chi connectivity index (χ1) is 12.5. The van der Waals surface area contributed by atoms with Gasteiger partial charge < -0.3 is 10.2 Å². The van der Waals surface area contributed by atoms with Crippen molar-refractivity contribution >= 4 is 5.91 Å². The van der Waals surface area contributed by atoms with Crippen LogP contribution < -0.4 is 5.32 Å². The lowest BCUT2D eigenvalue weighted by atomic mass is 10.1. The second kappa shape index (κ2) is 7.88. The predicted octanol–water partition coefficient (Wildman–Crippen LogP) is 2.44. The van der Waals surface area contributed by atoms with E-state index in [4.69, 9.17) is 0 Å². The second-order valence-corrected chi connectivity index (χ2v) is 6.10. The number of nitrogens with zero attached hydrogens (tertiary/aromatic N) is 4. The summed E-state index contributed by atoms with van der Waals surface area (Å²) in [6, 6.07) is 15.6. The van der Waals surface area contributed by atoms with Gasteiger partial charge in [-0.3, -0.25) is 4.79 Å². The monoisotopic (exact) mass is 353 g/mol. The van der Waals surface area contributed by atoms with Crippen LogP contribution in [-0.4, -0.2) is 46.4 Å². The summed E-state index contributed by atoms with van der Waals surface area (Å²) in [6.07, 6.45) is 1.43. The number of halogens is 1. The van der Waals surface area contributed by atoms with E-state index in [0.29, 0.717) is 6.54 Å². The van der Waals surface area contributed by atoms with Crippen molar-refractivity contribution < 1.29 is 9.18 Å². The molecule has 7 heteroatoms. The number of para-hydroxylation sites is 1. The molecule has 134 valence electrons. The summed E-state index contributed by atoms with van der Waals surface area (Å²) in [7, 11) is 3.76. The molecule has 1 amide bonds. The smallest absolute Gasteiger partial charge is 0.273 e. The third-order valence-electron chi connectivity index (χ3n) is 4.02. The molecule has 0 radical (unpaired) electrons. The first kappa shape index (κ1) is 17.8. The molecule has 0 saturated carbocycles. The van der Waals surface area contributed by atoms with Gasteiger partial charge in [0.2, 0.25) is 0 Å². The summed E-state index contributed by atoms with van der Waals surface area (Å²) in [4.78, 5) is 15.7. The Balaban J connectivity index is 1.68. The molecule has 0 spiro atoms. The van der Waals surface area contributed by atoms with E-state index in [1.165, 1.54) is 23.1 Å². The minimum absolute atomic E-state index is 0.154. The van der Waals surface area contributed by atoms with E-state index in [2.05, 4.69) is 15.5 Å². The van der Waals surface area contributed by atoms with Gasteiger partial charge in [-0.15, -0.1) is 5.10 Å². The molecule has 2 aromatic carbocycles. The molecule has 0 fully saturated rings. The lowest BCUT2D eigenvalue weighted by Crippen LogP contribution is -2.34. The van der Waals surface area contributed by atoms with Crippen LogP contribution in [0.1, 0.15) is 22.1 Å².